The van der Waals surface area contributed by atoms with Crippen LogP contribution < -0.4 is 0 Å². The Morgan fingerprint density at radius 1 is 1.12 bits per heavy atom. The number of carbonyl (C=O) groups is 1. The van der Waals surface area contributed by atoms with E-state index in [1.54, 1.807) is 12.1 Å². The van der Waals surface area contributed by atoms with Gasteiger partial charge in [0.1, 0.15) is 0 Å². The van der Waals surface area contributed by atoms with Crippen molar-refractivity contribution in [2.75, 3.05) is 0 Å². The number of rotatable bonds is 2. The van der Waals surface area contributed by atoms with Gasteiger partial charge < -0.3 is 4.98 Å². The van der Waals surface area contributed by atoms with Crippen LogP contribution in [0.15, 0.2) is 30.3 Å². The Labute approximate surface area is 99.3 Å². The summed E-state index contributed by atoms with van der Waals surface area (Å²) in [5, 5.41) is 0.520. The average molecular weight is 234 g/mol. The maximum Gasteiger partial charge on any atom is 0.196 e. The third kappa shape index (κ3) is 1.76. The fourth-order valence-electron chi connectivity index (χ4n) is 1.75. The van der Waals surface area contributed by atoms with E-state index in [-0.39, 0.29) is 5.78 Å². The van der Waals surface area contributed by atoms with E-state index in [1.807, 2.05) is 32.0 Å². The summed E-state index contributed by atoms with van der Waals surface area (Å²) in [5.41, 5.74) is 2.88. The van der Waals surface area contributed by atoms with Gasteiger partial charge in [-0.3, -0.25) is 4.79 Å². The van der Waals surface area contributed by atoms with E-state index >= 15 is 0 Å². The molecular weight excluding hydrogens is 222 g/mol. The molecule has 2 rings (SSSR count). The molecule has 1 aromatic carbocycles. The molecule has 0 radical (unpaired) electrons. The first-order chi connectivity index (χ1) is 7.61. The first kappa shape index (κ1) is 11.0. The van der Waals surface area contributed by atoms with Crippen molar-refractivity contribution in [2.45, 2.75) is 13.8 Å². The predicted octanol–water partition coefficient (Wildman–Crippen LogP) is 3.52. The van der Waals surface area contributed by atoms with Crippen LogP contribution in [-0.2, 0) is 0 Å². The van der Waals surface area contributed by atoms with E-state index in [2.05, 4.69) is 4.98 Å². The van der Waals surface area contributed by atoms with Crippen LogP contribution in [0.2, 0.25) is 5.02 Å². The minimum Gasteiger partial charge on any atom is -0.361 e. The van der Waals surface area contributed by atoms with Crippen molar-refractivity contribution in [1.82, 2.24) is 4.98 Å². The lowest BCUT2D eigenvalue weighted by molar-refractivity contribution is 0.103. The highest BCUT2D eigenvalue weighted by Crippen LogP contribution is 2.26. The van der Waals surface area contributed by atoms with Crippen molar-refractivity contribution in [3.05, 3.63) is 57.9 Å². The standard InChI is InChI=1S/C13H12ClNO/c1-8-11(12(14)9(2)15-8)13(16)10-6-4-3-5-7-10/h3-7,15H,1-2H3. The number of aromatic nitrogens is 1. The van der Waals surface area contributed by atoms with Gasteiger partial charge in [0.05, 0.1) is 10.6 Å². The number of halogens is 1. The second-order valence-electron chi connectivity index (χ2n) is 3.76. The zero-order valence-corrected chi connectivity index (χ0v) is 9.93. The molecule has 1 heterocycles. The smallest absolute Gasteiger partial charge is 0.196 e. The predicted molar refractivity (Wildman–Crippen MR) is 65.2 cm³/mol. The lowest BCUT2D eigenvalue weighted by Crippen LogP contribution is -2.02. The molecule has 0 saturated heterocycles. The van der Waals surface area contributed by atoms with E-state index in [4.69, 9.17) is 11.6 Å². The maximum atomic E-state index is 12.2. The topological polar surface area (TPSA) is 32.9 Å². The third-order valence-corrected chi connectivity index (χ3v) is 3.03. The normalized spacial score (nSPS) is 10.4. The number of aromatic amines is 1. The summed E-state index contributed by atoms with van der Waals surface area (Å²) in [5.74, 6) is -0.0348. The number of aryl methyl sites for hydroxylation is 2. The Bertz CT molecular complexity index is 528. The molecule has 0 bridgehead atoms. The van der Waals surface area contributed by atoms with E-state index in [9.17, 15) is 4.79 Å². The summed E-state index contributed by atoms with van der Waals surface area (Å²) in [6.07, 6.45) is 0. The molecular formula is C13H12ClNO. The second-order valence-corrected chi connectivity index (χ2v) is 4.14. The van der Waals surface area contributed by atoms with Gasteiger partial charge in [-0.1, -0.05) is 41.9 Å². The quantitative estimate of drug-likeness (QED) is 0.791. The van der Waals surface area contributed by atoms with Crippen molar-refractivity contribution in [3.8, 4) is 0 Å². The first-order valence-corrected chi connectivity index (χ1v) is 5.43. The zero-order valence-electron chi connectivity index (χ0n) is 9.17. The Balaban J connectivity index is 2.50. The zero-order chi connectivity index (χ0) is 11.7. The van der Waals surface area contributed by atoms with Crippen molar-refractivity contribution in [2.24, 2.45) is 0 Å². The van der Waals surface area contributed by atoms with Crippen LogP contribution in [0.3, 0.4) is 0 Å². The van der Waals surface area contributed by atoms with Gasteiger partial charge >= 0.3 is 0 Å². The molecule has 2 nitrogen and oxygen atoms in total. The Morgan fingerprint density at radius 2 is 1.75 bits per heavy atom. The van der Waals surface area contributed by atoms with Gasteiger partial charge in [-0.2, -0.15) is 0 Å². The van der Waals surface area contributed by atoms with Gasteiger partial charge in [0, 0.05) is 17.0 Å². The number of carbonyl (C=O) groups excluding carboxylic acids is 1. The molecule has 1 aromatic heterocycles. The number of nitrogens with one attached hydrogen (secondary N) is 1. The molecule has 2 aromatic rings. The molecule has 82 valence electrons. The number of H-pyrrole nitrogens is 1. The van der Waals surface area contributed by atoms with E-state index < -0.39 is 0 Å². The molecule has 3 heteroatoms. The number of hydrogen-bond acceptors (Lipinski definition) is 1. The molecule has 0 atom stereocenters. The summed E-state index contributed by atoms with van der Waals surface area (Å²) in [6, 6.07) is 9.15. The molecule has 0 fully saturated rings. The fourth-order valence-corrected chi connectivity index (χ4v) is 2.03. The van der Waals surface area contributed by atoms with E-state index in [0.29, 0.717) is 16.1 Å². The van der Waals surface area contributed by atoms with Crippen molar-refractivity contribution in [1.29, 1.82) is 0 Å². The lowest BCUT2D eigenvalue weighted by Gasteiger charge is -2.00. The molecule has 0 aliphatic carbocycles. The SMILES string of the molecule is Cc1[nH]c(C)c(C(=O)c2ccccc2)c1Cl. The molecule has 1 N–H and O–H groups in total. The van der Waals surface area contributed by atoms with Crippen LogP contribution in [0.25, 0.3) is 0 Å². The van der Waals surface area contributed by atoms with E-state index in [1.165, 1.54) is 0 Å². The van der Waals surface area contributed by atoms with Crippen molar-refractivity contribution < 1.29 is 4.79 Å². The van der Waals surface area contributed by atoms with Gasteiger partial charge in [0.15, 0.2) is 5.78 Å². The monoisotopic (exact) mass is 233 g/mol. The van der Waals surface area contributed by atoms with Crippen LogP contribution in [0.1, 0.15) is 27.3 Å². The van der Waals surface area contributed by atoms with Crippen molar-refractivity contribution in [3.63, 3.8) is 0 Å². The fraction of sp³-hybridized carbons (Fsp3) is 0.154. The average Bonchev–Trinajstić information content (AvgIpc) is 2.54. The van der Waals surface area contributed by atoms with Gasteiger partial charge in [-0.25, -0.2) is 0 Å². The molecule has 16 heavy (non-hydrogen) atoms. The minimum atomic E-state index is -0.0348. The highest BCUT2D eigenvalue weighted by molar-refractivity contribution is 6.36. The van der Waals surface area contributed by atoms with Crippen molar-refractivity contribution >= 4 is 17.4 Å². The largest absolute Gasteiger partial charge is 0.361 e. The minimum absolute atomic E-state index is 0.0348. The van der Waals surface area contributed by atoms with E-state index in [0.717, 1.165) is 11.4 Å². The lowest BCUT2D eigenvalue weighted by atomic mass is 10.0. The number of hydrogen-bond donors (Lipinski definition) is 1. The molecule has 0 unspecified atom stereocenters. The summed E-state index contributed by atoms with van der Waals surface area (Å²) < 4.78 is 0. The second kappa shape index (κ2) is 4.14. The summed E-state index contributed by atoms with van der Waals surface area (Å²) in [7, 11) is 0. The van der Waals surface area contributed by atoms with Gasteiger partial charge in [-0.15, -0.1) is 0 Å². The Kier molecular flexibility index (Phi) is 2.84. The molecule has 0 saturated carbocycles. The Morgan fingerprint density at radius 3 is 2.25 bits per heavy atom. The first-order valence-electron chi connectivity index (χ1n) is 5.05. The summed E-state index contributed by atoms with van der Waals surface area (Å²) >= 11 is 6.11. The Hall–Kier alpha value is -1.54. The molecule has 0 amide bonds. The van der Waals surface area contributed by atoms with Crippen LogP contribution in [0.4, 0.5) is 0 Å². The summed E-state index contributed by atoms with van der Waals surface area (Å²) in [6.45, 7) is 3.71. The van der Waals surface area contributed by atoms with Crippen LogP contribution in [0.5, 0.6) is 0 Å². The number of benzene rings is 1. The highest BCUT2D eigenvalue weighted by atomic mass is 35.5. The molecule has 0 aliphatic rings. The molecule has 0 spiro atoms. The van der Waals surface area contributed by atoms with Gasteiger partial charge in [0.2, 0.25) is 0 Å². The highest BCUT2D eigenvalue weighted by Gasteiger charge is 2.18. The van der Waals surface area contributed by atoms with Crippen LogP contribution in [0, 0.1) is 13.8 Å². The van der Waals surface area contributed by atoms with Gasteiger partial charge in [-0.05, 0) is 13.8 Å². The summed E-state index contributed by atoms with van der Waals surface area (Å²) in [4.78, 5) is 15.3. The van der Waals surface area contributed by atoms with Gasteiger partial charge in [0.25, 0.3) is 0 Å². The molecule has 0 aliphatic heterocycles. The van der Waals surface area contributed by atoms with Crippen LogP contribution in [-0.4, -0.2) is 10.8 Å². The number of ketones is 1. The maximum absolute atomic E-state index is 12.2. The van der Waals surface area contributed by atoms with Crippen LogP contribution >= 0.6 is 11.6 Å². The third-order valence-electron chi connectivity index (χ3n) is 2.56.